The van der Waals surface area contributed by atoms with Crippen LogP contribution in [0.15, 0.2) is 77.7 Å². The van der Waals surface area contributed by atoms with Crippen LogP contribution in [-0.4, -0.2) is 14.3 Å². The molecular weight excluding hydrogens is 396 g/mol. The normalized spacial score (nSPS) is 11.1. The van der Waals surface area contributed by atoms with Crippen molar-refractivity contribution in [1.82, 2.24) is 5.32 Å². The van der Waals surface area contributed by atoms with Crippen LogP contribution in [0.1, 0.15) is 21.5 Å². The Morgan fingerprint density at radius 2 is 1.64 bits per heavy atom. The molecule has 0 aliphatic rings. The van der Waals surface area contributed by atoms with Gasteiger partial charge in [-0.15, -0.1) is 0 Å². The number of carbonyl (C=O) groups is 1. The van der Waals surface area contributed by atoms with Gasteiger partial charge in [-0.05, 0) is 55.0 Å². The summed E-state index contributed by atoms with van der Waals surface area (Å²) in [5.74, 6) is -0.359. The number of anilines is 1. The molecule has 3 aromatic rings. The van der Waals surface area contributed by atoms with Gasteiger partial charge < -0.3 is 5.32 Å². The van der Waals surface area contributed by atoms with Gasteiger partial charge in [0.1, 0.15) is 0 Å². The highest BCUT2D eigenvalue weighted by Gasteiger charge is 2.16. The highest BCUT2D eigenvalue weighted by atomic mass is 35.5. The molecule has 28 heavy (non-hydrogen) atoms. The summed E-state index contributed by atoms with van der Waals surface area (Å²) < 4.78 is 27.8. The van der Waals surface area contributed by atoms with Gasteiger partial charge in [0.2, 0.25) is 0 Å². The first-order valence-corrected chi connectivity index (χ1v) is 10.4. The quantitative estimate of drug-likeness (QED) is 0.628. The molecule has 0 aliphatic heterocycles. The number of halogens is 1. The highest BCUT2D eigenvalue weighted by molar-refractivity contribution is 7.92. The second kappa shape index (κ2) is 8.46. The van der Waals surface area contributed by atoms with E-state index in [9.17, 15) is 13.2 Å². The van der Waals surface area contributed by atoms with Crippen molar-refractivity contribution in [3.05, 3.63) is 94.5 Å². The van der Waals surface area contributed by atoms with Crippen molar-refractivity contribution in [2.45, 2.75) is 18.4 Å². The van der Waals surface area contributed by atoms with E-state index in [4.69, 9.17) is 11.6 Å². The lowest BCUT2D eigenvalue weighted by atomic mass is 10.2. The lowest BCUT2D eigenvalue weighted by Crippen LogP contribution is -2.23. The standard InChI is InChI=1S/C21H19ClN2O3S/c1-15-5-11-19(12-6-15)24-28(26,27)20-4-2-3-17(13-20)21(25)23-14-16-7-9-18(22)10-8-16/h2-13,24H,14H2,1H3,(H,23,25). The first-order valence-electron chi connectivity index (χ1n) is 8.56. The van der Waals surface area contributed by atoms with E-state index >= 15 is 0 Å². The van der Waals surface area contributed by atoms with Gasteiger partial charge in [0, 0.05) is 22.8 Å². The molecule has 0 aliphatic carbocycles. The molecule has 144 valence electrons. The van der Waals surface area contributed by atoms with Gasteiger partial charge >= 0.3 is 0 Å². The van der Waals surface area contributed by atoms with E-state index < -0.39 is 10.0 Å². The Labute approximate surface area is 169 Å². The number of aryl methyl sites for hydroxylation is 1. The molecule has 0 radical (unpaired) electrons. The van der Waals surface area contributed by atoms with Crippen molar-refractivity contribution in [3.63, 3.8) is 0 Å². The lowest BCUT2D eigenvalue weighted by molar-refractivity contribution is 0.0950. The van der Waals surface area contributed by atoms with Crippen LogP contribution < -0.4 is 10.0 Å². The summed E-state index contributed by atoms with van der Waals surface area (Å²) in [5, 5.41) is 3.39. The van der Waals surface area contributed by atoms with Crippen molar-refractivity contribution in [2.24, 2.45) is 0 Å². The summed E-state index contributed by atoms with van der Waals surface area (Å²) in [5.41, 5.74) is 2.65. The molecule has 3 aromatic carbocycles. The van der Waals surface area contributed by atoms with Gasteiger partial charge in [-0.25, -0.2) is 8.42 Å². The van der Waals surface area contributed by atoms with Gasteiger partial charge in [-0.2, -0.15) is 0 Å². The van der Waals surface area contributed by atoms with Crippen molar-refractivity contribution >= 4 is 33.2 Å². The third-order valence-corrected chi connectivity index (χ3v) is 5.71. The van der Waals surface area contributed by atoms with Crippen LogP contribution in [0.2, 0.25) is 5.02 Å². The zero-order valence-corrected chi connectivity index (χ0v) is 16.7. The van der Waals surface area contributed by atoms with Crippen LogP contribution in [-0.2, 0) is 16.6 Å². The van der Waals surface area contributed by atoms with Crippen molar-refractivity contribution in [2.75, 3.05) is 4.72 Å². The maximum atomic E-state index is 12.6. The van der Waals surface area contributed by atoms with Gasteiger partial charge in [-0.1, -0.05) is 47.5 Å². The summed E-state index contributed by atoms with van der Waals surface area (Å²) >= 11 is 5.85. The summed E-state index contributed by atoms with van der Waals surface area (Å²) in [6.07, 6.45) is 0. The zero-order valence-electron chi connectivity index (χ0n) is 15.1. The molecular formula is C21H19ClN2O3S. The summed E-state index contributed by atoms with van der Waals surface area (Å²) in [7, 11) is -3.80. The SMILES string of the molecule is Cc1ccc(NS(=O)(=O)c2cccc(C(=O)NCc3ccc(Cl)cc3)c2)cc1. The van der Waals surface area contributed by atoms with E-state index in [1.165, 1.54) is 12.1 Å². The number of benzene rings is 3. The molecule has 0 spiro atoms. The van der Waals surface area contributed by atoms with E-state index in [2.05, 4.69) is 10.0 Å². The largest absolute Gasteiger partial charge is 0.348 e. The molecule has 0 saturated heterocycles. The van der Waals surface area contributed by atoms with Crippen LogP contribution >= 0.6 is 11.6 Å². The predicted molar refractivity (Wildman–Crippen MR) is 111 cm³/mol. The maximum absolute atomic E-state index is 12.6. The molecule has 0 heterocycles. The monoisotopic (exact) mass is 414 g/mol. The topological polar surface area (TPSA) is 75.3 Å². The molecule has 3 rings (SSSR count). The van der Waals surface area contributed by atoms with Gasteiger partial charge in [-0.3, -0.25) is 9.52 Å². The van der Waals surface area contributed by atoms with Crippen molar-refractivity contribution in [3.8, 4) is 0 Å². The molecule has 1 amide bonds. The molecule has 5 nitrogen and oxygen atoms in total. The highest BCUT2D eigenvalue weighted by Crippen LogP contribution is 2.18. The molecule has 0 saturated carbocycles. The Bertz CT molecular complexity index is 1080. The number of amides is 1. The molecule has 0 aromatic heterocycles. The first-order chi connectivity index (χ1) is 13.3. The Morgan fingerprint density at radius 3 is 2.32 bits per heavy atom. The Kier molecular flexibility index (Phi) is 6.02. The Hall–Kier alpha value is -2.83. The molecule has 0 unspecified atom stereocenters. The third kappa shape index (κ3) is 5.12. The van der Waals surface area contributed by atoms with Crippen molar-refractivity contribution < 1.29 is 13.2 Å². The third-order valence-electron chi connectivity index (χ3n) is 4.08. The molecule has 7 heteroatoms. The van der Waals surface area contributed by atoms with Gasteiger partial charge in [0.05, 0.1) is 4.90 Å². The van der Waals surface area contributed by atoms with E-state index in [-0.39, 0.29) is 16.4 Å². The van der Waals surface area contributed by atoms with Crippen LogP contribution in [0.3, 0.4) is 0 Å². The Morgan fingerprint density at radius 1 is 0.964 bits per heavy atom. The Balaban J connectivity index is 1.72. The van der Waals surface area contributed by atoms with Crippen LogP contribution in [0, 0.1) is 6.92 Å². The summed E-state index contributed by atoms with van der Waals surface area (Å²) in [4.78, 5) is 12.4. The minimum Gasteiger partial charge on any atom is -0.348 e. The second-order valence-corrected chi connectivity index (χ2v) is 8.43. The lowest BCUT2D eigenvalue weighted by Gasteiger charge is -2.10. The molecule has 0 atom stereocenters. The number of hydrogen-bond donors (Lipinski definition) is 2. The fraction of sp³-hybridized carbons (Fsp3) is 0.0952. The van der Waals surface area contributed by atoms with E-state index in [0.717, 1.165) is 11.1 Å². The first kappa shape index (κ1) is 19.9. The summed E-state index contributed by atoms with van der Waals surface area (Å²) in [6, 6.07) is 20.1. The average molecular weight is 415 g/mol. The number of sulfonamides is 1. The van der Waals surface area contributed by atoms with Crippen LogP contribution in [0.4, 0.5) is 5.69 Å². The molecule has 2 N–H and O–H groups in total. The second-order valence-electron chi connectivity index (χ2n) is 6.31. The van der Waals surface area contributed by atoms with Crippen LogP contribution in [0.25, 0.3) is 0 Å². The smallest absolute Gasteiger partial charge is 0.261 e. The minimum absolute atomic E-state index is 0.0206. The molecule has 0 bridgehead atoms. The zero-order chi connectivity index (χ0) is 20.1. The maximum Gasteiger partial charge on any atom is 0.261 e. The number of hydrogen-bond acceptors (Lipinski definition) is 3. The van der Waals surface area contributed by atoms with E-state index in [1.54, 1.807) is 36.4 Å². The predicted octanol–water partition coefficient (Wildman–Crippen LogP) is 4.38. The molecule has 0 fully saturated rings. The number of rotatable bonds is 6. The van der Waals surface area contributed by atoms with Gasteiger partial charge in [0.25, 0.3) is 15.9 Å². The fourth-order valence-corrected chi connectivity index (χ4v) is 3.76. The van der Waals surface area contributed by atoms with Gasteiger partial charge in [0.15, 0.2) is 0 Å². The average Bonchev–Trinajstić information content (AvgIpc) is 2.69. The van der Waals surface area contributed by atoms with E-state index in [0.29, 0.717) is 17.3 Å². The minimum atomic E-state index is -3.80. The fourth-order valence-electron chi connectivity index (χ4n) is 2.53. The number of nitrogens with one attached hydrogen (secondary N) is 2. The number of carbonyl (C=O) groups excluding carboxylic acids is 1. The van der Waals surface area contributed by atoms with Crippen molar-refractivity contribution in [1.29, 1.82) is 0 Å². The summed E-state index contributed by atoms with van der Waals surface area (Å²) in [6.45, 7) is 2.24. The van der Waals surface area contributed by atoms with E-state index in [1.807, 2.05) is 31.2 Å². The van der Waals surface area contributed by atoms with Crippen LogP contribution in [0.5, 0.6) is 0 Å².